The minimum Gasteiger partial charge on any atom is -0.347 e. The molecule has 0 saturated carbocycles. The summed E-state index contributed by atoms with van der Waals surface area (Å²) in [6.07, 6.45) is 1.48. The Morgan fingerprint density at radius 2 is 1.77 bits per heavy atom. The van der Waals surface area contributed by atoms with Gasteiger partial charge in [0.2, 0.25) is 0 Å². The van der Waals surface area contributed by atoms with Crippen LogP contribution in [0.15, 0.2) is 36.5 Å². The van der Waals surface area contributed by atoms with Crippen molar-refractivity contribution in [1.29, 1.82) is 0 Å². The van der Waals surface area contributed by atoms with Gasteiger partial charge in [0, 0.05) is 23.0 Å². The molecule has 1 aromatic heterocycles. The molecule has 0 saturated heterocycles. The molecule has 2 N–H and O–H groups in total. The van der Waals surface area contributed by atoms with E-state index in [0.29, 0.717) is 5.56 Å². The van der Waals surface area contributed by atoms with E-state index in [9.17, 15) is 9.59 Å². The maximum absolute atomic E-state index is 12.7. The minimum atomic E-state index is -0.351. The normalized spacial score (nSPS) is 11.3. The van der Waals surface area contributed by atoms with Gasteiger partial charge in [-0.2, -0.15) is 0 Å². The molecular weight excluding hydrogens is 326 g/mol. The van der Waals surface area contributed by atoms with Gasteiger partial charge in [-0.15, -0.1) is 0 Å². The van der Waals surface area contributed by atoms with Crippen LogP contribution in [0.25, 0.3) is 0 Å². The second kappa shape index (κ2) is 7.68. The van der Waals surface area contributed by atoms with E-state index in [1.54, 1.807) is 6.07 Å². The van der Waals surface area contributed by atoms with Gasteiger partial charge in [0.05, 0.1) is 0 Å². The van der Waals surface area contributed by atoms with Gasteiger partial charge in [0.25, 0.3) is 11.8 Å². The zero-order valence-corrected chi connectivity index (χ0v) is 16.3. The largest absolute Gasteiger partial charge is 0.347 e. The Morgan fingerprint density at radius 3 is 2.38 bits per heavy atom. The van der Waals surface area contributed by atoms with Gasteiger partial charge in [0.1, 0.15) is 5.69 Å². The highest BCUT2D eigenvalue weighted by atomic mass is 16.2. The molecule has 0 bridgehead atoms. The maximum Gasteiger partial charge on any atom is 0.274 e. The molecule has 0 aliphatic heterocycles. The van der Waals surface area contributed by atoms with Crippen LogP contribution in [0, 0.1) is 6.92 Å². The second-order valence-electron chi connectivity index (χ2n) is 7.78. The van der Waals surface area contributed by atoms with E-state index in [4.69, 9.17) is 0 Å². The van der Waals surface area contributed by atoms with Crippen LogP contribution < -0.4 is 10.6 Å². The fourth-order valence-corrected chi connectivity index (χ4v) is 2.63. The smallest absolute Gasteiger partial charge is 0.274 e. The fourth-order valence-electron chi connectivity index (χ4n) is 2.63. The molecule has 0 aliphatic carbocycles. The van der Waals surface area contributed by atoms with Crippen molar-refractivity contribution in [2.75, 3.05) is 5.32 Å². The highest BCUT2D eigenvalue weighted by molar-refractivity contribution is 6.05. The summed E-state index contributed by atoms with van der Waals surface area (Å²) >= 11 is 0. The summed E-state index contributed by atoms with van der Waals surface area (Å²) in [5, 5.41) is 5.84. The van der Waals surface area contributed by atoms with Gasteiger partial charge < -0.3 is 10.6 Å². The van der Waals surface area contributed by atoms with Crippen molar-refractivity contribution in [2.45, 2.75) is 53.0 Å². The lowest BCUT2D eigenvalue weighted by Crippen LogP contribution is -2.40. The van der Waals surface area contributed by atoms with E-state index >= 15 is 0 Å². The van der Waals surface area contributed by atoms with E-state index < -0.39 is 0 Å². The number of hydrogen-bond donors (Lipinski definition) is 2. The van der Waals surface area contributed by atoms with Crippen LogP contribution in [0.2, 0.25) is 0 Å². The average molecular weight is 353 g/mol. The number of rotatable bonds is 4. The van der Waals surface area contributed by atoms with E-state index in [1.807, 2.05) is 45.9 Å². The van der Waals surface area contributed by atoms with Crippen molar-refractivity contribution in [3.8, 4) is 0 Å². The maximum atomic E-state index is 12.7. The molecule has 0 spiro atoms. The van der Waals surface area contributed by atoms with E-state index in [0.717, 1.165) is 16.8 Å². The summed E-state index contributed by atoms with van der Waals surface area (Å²) in [5.74, 6) is -0.277. The summed E-state index contributed by atoms with van der Waals surface area (Å²) in [6.45, 7) is 11.9. The minimum absolute atomic E-state index is 0.213. The van der Waals surface area contributed by atoms with Gasteiger partial charge in [-0.25, -0.2) is 0 Å². The van der Waals surface area contributed by atoms with Crippen LogP contribution in [0.3, 0.4) is 0 Å². The number of nitrogens with zero attached hydrogens (tertiary/aromatic N) is 1. The summed E-state index contributed by atoms with van der Waals surface area (Å²) in [7, 11) is 0. The molecule has 2 rings (SSSR count). The van der Waals surface area contributed by atoms with Gasteiger partial charge in [-0.3, -0.25) is 14.6 Å². The molecule has 1 aromatic carbocycles. The predicted molar refractivity (Wildman–Crippen MR) is 105 cm³/mol. The first-order chi connectivity index (χ1) is 12.1. The summed E-state index contributed by atoms with van der Waals surface area (Å²) < 4.78 is 0. The van der Waals surface area contributed by atoms with Crippen molar-refractivity contribution in [2.24, 2.45) is 0 Å². The first kappa shape index (κ1) is 19.6. The lowest BCUT2D eigenvalue weighted by atomic mass is 9.98. The Labute approximate surface area is 155 Å². The van der Waals surface area contributed by atoms with Crippen LogP contribution in [0.4, 0.5) is 5.69 Å². The molecule has 138 valence electrons. The van der Waals surface area contributed by atoms with Crippen LogP contribution in [0.5, 0.6) is 0 Å². The molecular formula is C21H27N3O2. The van der Waals surface area contributed by atoms with Gasteiger partial charge in [-0.05, 0) is 56.9 Å². The fraction of sp³-hybridized carbons (Fsp3) is 0.381. The third-order valence-corrected chi connectivity index (χ3v) is 3.91. The van der Waals surface area contributed by atoms with Crippen LogP contribution in [-0.2, 0) is 0 Å². The average Bonchev–Trinajstić information content (AvgIpc) is 2.55. The number of aryl methyl sites for hydroxylation is 1. The Kier molecular flexibility index (Phi) is 5.80. The van der Waals surface area contributed by atoms with Crippen LogP contribution >= 0.6 is 0 Å². The Balaban J connectivity index is 2.27. The Hall–Kier alpha value is -2.69. The van der Waals surface area contributed by atoms with E-state index in [-0.39, 0.29) is 29.0 Å². The number of anilines is 1. The molecule has 5 nitrogen and oxygen atoms in total. The molecule has 26 heavy (non-hydrogen) atoms. The molecule has 0 atom stereocenters. The van der Waals surface area contributed by atoms with Crippen molar-refractivity contribution in [1.82, 2.24) is 10.3 Å². The highest BCUT2D eigenvalue weighted by Crippen LogP contribution is 2.27. The van der Waals surface area contributed by atoms with Crippen molar-refractivity contribution in [3.63, 3.8) is 0 Å². The number of aromatic nitrogens is 1. The zero-order valence-electron chi connectivity index (χ0n) is 16.3. The SMILES string of the molecule is Cc1cccc(C(C)C)c1NC(=O)c1cc(C(=O)NC(C)(C)C)ccn1. The number of carbonyl (C=O) groups is 2. The molecule has 2 aromatic rings. The monoisotopic (exact) mass is 353 g/mol. The molecule has 1 heterocycles. The summed E-state index contributed by atoms with van der Waals surface area (Å²) in [4.78, 5) is 29.1. The lowest BCUT2D eigenvalue weighted by molar-refractivity contribution is 0.0919. The van der Waals surface area contributed by atoms with Crippen LogP contribution in [0.1, 0.15) is 72.5 Å². The lowest BCUT2D eigenvalue weighted by Gasteiger charge is -2.20. The number of para-hydroxylation sites is 1. The Bertz CT molecular complexity index is 820. The summed E-state index contributed by atoms with van der Waals surface area (Å²) in [6, 6.07) is 9.07. The predicted octanol–water partition coefficient (Wildman–Crippen LogP) is 4.29. The number of carbonyl (C=O) groups excluding carboxylic acids is 2. The molecule has 0 unspecified atom stereocenters. The number of pyridine rings is 1. The number of nitrogens with one attached hydrogen (secondary N) is 2. The van der Waals surface area contributed by atoms with Gasteiger partial charge in [-0.1, -0.05) is 32.0 Å². The molecule has 0 radical (unpaired) electrons. The molecule has 0 aliphatic rings. The third kappa shape index (κ3) is 4.91. The molecule has 0 fully saturated rings. The standard InChI is InChI=1S/C21H27N3O2/c1-13(2)16-9-7-8-14(3)18(16)23-20(26)17-12-15(10-11-22-17)19(25)24-21(4,5)6/h7-13H,1-6H3,(H,23,26)(H,24,25). The van der Waals surface area contributed by atoms with Gasteiger partial charge in [0.15, 0.2) is 0 Å². The second-order valence-corrected chi connectivity index (χ2v) is 7.78. The summed E-state index contributed by atoms with van der Waals surface area (Å²) in [5.41, 5.74) is 3.14. The highest BCUT2D eigenvalue weighted by Gasteiger charge is 2.18. The Morgan fingerprint density at radius 1 is 1.08 bits per heavy atom. The van der Waals surface area contributed by atoms with E-state index in [2.05, 4.69) is 29.5 Å². The first-order valence-corrected chi connectivity index (χ1v) is 8.78. The van der Waals surface area contributed by atoms with E-state index in [1.165, 1.54) is 12.3 Å². The van der Waals surface area contributed by atoms with Crippen molar-refractivity contribution >= 4 is 17.5 Å². The molecule has 2 amide bonds. The van der Waals surface area contributed by atoms with Gasteiger partial charge >= 0.3 is 0 Å². The number of hydrogen-bond acceptors (Lipinski definition) is 3. The topological polar surface area (TPSA) is 71.1 Å². The third-order valence-electron chi connectivity index (χ3n) is 3.91. The van der Waals surface area contributed by atoms with Crippen LogP contribution in [-0.4, -0.2) is 22.3 Å². The van der Waals surface area contributed by atoms with Crippen molar-refractivity contribution < 1.29 is 9.59 Å². The quantitative estimate of drug-likeness (QED) is 0.861. The molecule has 5 heteroatoms. The number of amides is 2. The number of benzene rings is 1. The van der Waals surface area contributed by atoms with Crippen molar-refractivity contribution in [3.05, 3.63) is 58.9 Å². The zero-order chi connectivity index (χ0) is 19.5. The first-order valence-electron chi connectivity index (χ1n) is 8.78.